The molecule has 2 rings (SSSR count). The second-order valence-corrected chi connectivity index (χ2v) is 8.82. The molecule has 0 unspecified atom stereocenters. The van der Waals surface area contributed by atoms with Crippen LogP contribution < -0.4 is 5.32 Å². The van der Waals surface area contributed by atoms with Crippen molar-refractivity contribution in [2.45, 2.75) is 19.8 Å². The lowest BCUT2D eigenvalue weighted by molar-refractivity contribution is -0.116. The molecule has 130 valence electrons. The van der Waals surface area contributed by atoms with Gasteiger partial charge in [0.05, 0.1) is 12.8 Å². The highest BCUT2D eigenvalue weighted by molar-refractivity contribution is 7.88. The molecule has 0 radical (unpaired) electrons. The number of hydrogen-bond acceptors (Lipinski definition) is 6. The Kier molecular flexibility index (Phi) is 5.68. The summed E-state index contributed by atoms with van der Waals surface area (Å²) in [7, 11) is -2.06. The number of amides is 1. The van der Waals surface area contributed by atoms with Crippen LogP contribution in [0.15, 0.2) is 24.3 Å². The summed E-state index contributed by atoms with van der Waals surface area (Å²) in [5.74, 6) is -0.00376. The van der Waals surface area contributed by atoms with Gasteiger partial charge in [0.15, 0.2) is 0 Å². The molecule has 1 aromatic carbocycles. The van der Waals surface area contributed by atoms with Gasteiger partial charge >= 0.3 is 0 Å². The third kappa shape index (κ3) is 4.83. The third-order valence-electron chi connectivity index (χ3n) is 3.43. The number of hydrogen-bond donors (Lipinski definition) is 1. The van der Waals surface area contributed by atoms with Gasteiger partial charge in [-0.1, -0.05) is 49.4 Å². The molecule has 1 N–H and O–H groups in total. The zero-order valence-corrected chi connectivity index (χ0v) is 15.6. The standard InChI is InChI=1S/C15H20N4O3S2/c1-10(2)11-5-7-12(8-6-11)14-17-18-15(23-14)16-13(20)9-19(3)24(4,21)22/h5-8,10H,9H2,1-4H3,(H,16,18,20). The summed E-state index contributed by atoms with van der Waals surface area (Å²) >= 11 is 1.24. The number of likely N-dealkylation sites (N-methyl/N-ethyl adjacent to an activating group) is 1. The van der Waals surface area contributed by atoms with E-state index in [4.69, 9.17) is 0 Å². The van der Waals surface area contributed by atoms with Gasteiger partial charge in [0.2, 0.25) is 21.1 Å². The number of benzene rings is 1. The fourth-order valence-electron chi connectivity index (χ4n) is 1.88. The van der Waals surface area contributed by atoms with E-state index in [1.807, 2.05) is 24.3 Å². The van der Waals surface area contributed by atoms with Crippen LogP contribution in [-0.4, -0.2) is 48.7 Å². The number of anilines is 1. The van der Waals surface area contributed by atoms with Gasteiger partial charge < -0.3 is 0 Å². The highest BCUT2D eigenvalue weighted by Gasteiger charge is 2.16. The average molecular weight is 368 g/mol. The largest absolute Gasteiger partial charge is 0.299 e. The summed E-state index contributed by atoms with van der Waals surface area (Å²) < 4.78 is 23.6. The maximum Gasteiger partial charge on any atom is 0.241 e. The van der Waals surface area contributed by atoms with Gasteiger partial charge in [-0.2, -0.15) is 4.31 Å². The molecule has 1 aromatic heterocycles. The van der Waals surface area contributed by atoms with Crippen molar-refractivity contribution in [3.05, 3.63) is 29.8 Å². The van der Waals surface area contributed by atoms with Crippen LogP contribution in [0.5, 0.6) is 0 Å². The van der Waals surface area contributed by atoms with Crippen molar-refractivity contribution < 1.29 is 13.2 Å². The molecule has 0 saturated carbocycles. The molecule has 7 nitrogen and oxygen atoms in total. The molecule has 24 heavy (non-hydrogen) atoms. The number of nitrogens with zero attached hydrogens (tertiary/aromatic N) is 3. The van der Waals surface area contributed by atoms with E-state index in [1.165, 1.54) is 23.9 Å². The first-order valence-electron chi connectivity index (χ1n) is 7.32. The molecule has 0 aliphatic rings. The summed E-state index contributed by atoms with van der Waals surface area (Å²) in [6.45, 7) is 3.99. The molecular weight excluding hydrogens is 348 g/mol. The molecule has 1 heterocycles. The van der Waals surface area contributed by atoms with Crippen molar-refractivity contribution in [1.29, 1.82) is 0 Å². The molecule has 0 atom stereocenters. The molecule has 2 aromatic rings. The number of rotatable bonds is 6. The van der Waals surface area contributed by atoms with Gasteiger partial charge in [-0.25, -0.2) is 8.42 Å². The summed E-state index contributed by atoms with van der Waals surface area (Å²) in [6, 6.07) is 8.03. The van der Waals surface area contributed by atoms with Crippen LogP contribution in [0.3, 0.4) is 0 Å². The Labute approximate surface area is 145 Å². The molecule has 0 saturated heterocycles. The topological polar surface area (TPSA) is 92.3 Å². The Morgan fingerprint density at radius 2 is 1.88 bits per heavy atom. The Bertz CT molecular complexity index is 813. The Hall–Kier alpha value is -1.84. The minimum atomic E-state index is -3.40. The average Bonchev–Trinajstić information content (AvgIpc) is 2.94. The van der Waals surface area contributed by atoms with Crippen LogP contribution in [0.1, 0.15) is 25.3 Å². The molecule has 0 aliphatic carbocycles. The maximum absolute atomic E-state index is 11.9. The van der Waals surface area contributed by atoms with E-state index in [9.17, 15) is 13.2 Å². The quantitative estimate of drug-likeness (QED) is 0.843. The zero-order valence-electron chi connectivity index (χ0n) is 14.0. The Balaban J connectivity index is 2.04. The number of carbonyl (C=O) groups is 1. The normalized spacial score (nSPS) is 11.9. The number of sulfonamides is 1. The highest BCUT2D eigenvalue weighted by atomic mass is 32.2. The van der Waals surface area contributed by atoms with Gasteiger partial charge in [0, 0.05) is 12.6 Å². The van der Waals surface area contributed by atoms with Crippen molar-refractivity contribution in [1.82, 2.24) is 14.5 Å². The second-order valence-electron chi connectivity index (χ2n) is 5.76. The number of carbonyl (C=O) groups excluding carboxylic acids is 1. The van der Waals surface area contributed by atoms with E-state index in [2.05, 4.69) is 29.4 Å². The monoisotopic (exact) mass is 368 g/mol. The molecule has 9 heteroatoms. The second kappa shape index (κ2) is 7.37. The van der Waals surface area contributed by atoms with Gasteiger partial charge in [-0.15, -0.1) is 10.2 Å². The first-order chi connectivity index (χ1) is 11.2. The SMILES string of the molecule is CC(C)c1ccc(-c2nnc(NC(=O)CN(C)S(C)(=O)=O)s2)cc1. The van der Waals surface area contributed by atoms with Gasteiger partial charge in [0.1, 0.15) is 5.01 Å². The minimum Gasteiger partial charge on any atom is -0.299 e. The van der Waals surface area contributed by atoms with Crippen LogP contribution in [0.2, 0.25) is 0 Å². The van der Waals surface area contributed by atoms with E-state index in [0.29, 0.717) is 16.1 Å². The lowest BCUT2D eigenvalue weighted by Gasteiger charge is -2.12. The fraction of sp³-hybridized carbons (Fsp3) is 0.400. The molecule has 0 spiro atoms. The molecular formula is C15H20N4O3S2. The third-order valence-corrected chi connectivity index (χ3v) is 5.58. The van der Waals surface area contributed by atoms with Crippen LogP contribution >= 0.6 is 11.3 Å². The van der Waals surface area contributed by atoms with E-state index >= 15 is 0 Å². The van der Waals surface area contributed by atoms with Crippen molar-refractivity contribution >= 4 is 32.4 Å². The lowest BCUT2D eigenvalue weighted by Crippen LogP contribution is -2.34. The van der Waals surface area contributed by atoms with E-state index < -0.39 is 15.9 Å². The van der Waals surface area contributed by atoms with Crippen molar-refractivity contribution in [3.63, 3.8) is 0 Å². The first kappa shape index (κ1) is 18.5. The van der Waals surface area contributed by atoms with Crippen LogP contribution in [0, 0.1) is 0 Å². The fourth-order valence-corrected chi connectivity index (χ4v) is 3.00. The maximum atomic E-state index is 11.9. The van der Waals surface area contributed by atoms with Crippen LogP contribution in [-0.2, 0) is 14.8 Å². The number of aromatic nitrogens is 2. The van der Waals surface area contributed by atoms with Crippen molar-refractivity contribution in [2.24, 2.45) is 0 Å². The van der Waals surface area contributed by atoms with E-state index in [0.717, 1.165) is 16.1 Å². The van der Waals surface area contributed by atoms with Crippen LogP contribution in [0.25, 0.3) is 10.6 Å². The smallest absolute Gasteiger partial charge is 0.241 e. The summed E-state index contributed by atoms with van der Waals surface area (Å²) in [5, 5.41) is 11.6. The summed E-state index contributed by atoms with van der Waals surface area (Å²) in [4.78, 5) is 11.9. The van der Waals surface area contributed by atoms with Crippen LogP contribution in [0.4, 0.5) is 5.13 Å². The van der Waals surface area contributed by atoms with E-state index in [1.54, 1.807) is 0 Å². The molecule has 0 bridgehead atoms. The summed E-state index contributed by atoms with van der Waals surface area (Å²) in [5.41, 5.74) is 2.16. The molecule has 0 fully saturated rings. The first-order valence-corrected chi connectivity index (χ1v) is 9.98. The Morgan fingerprint density at radius 1 is 1.25 bits per heavy atom. The highest BCUT2D eigenvalue weighted by Crippen LogP contribution is 2.27. The summed E-state index contributed by atoms with van der Waals surface area (Å²) in [6.07, 6.45) is 1.05. The van der Waals surface area contributed by atoms with Gasteiger partial charge in [0.25, 0.3) is 0 Å². The van der Waals surface area contributed by atoms with E-state index in [-0.39, 0.29) is 6.54 Å². The molecule has 0 aliphatic heterocycles. The molecule has 1 amide bonds. The predicted octanol–water partition coefficient (Wildman–Crippen LogP) is 2.16. The minimum absolute atomic E-state index is 0.267. The van der Waals surface area contributed by atoms with Crippen molar-refractivity contribution in [2.75, 3.05) is 25.2 Å². The number of nitrogens with one attached hydrogen (secondary N) is 1. The zero-order chi connectivity index (χ0) is 17.9. The Morgan fingerprint density at radius 3 is 2.42 bits per heavy atom. The van der Waals surface area contributed by atoms with Gasteiger partial charge in [-0.3, -0.25) is 10.1 Å². The van der Waals surface area contributed by atoms with Gasteiger partial charge in [-0.05, 0) is 11.5 Å². The van der Waals surface area contributed by atoms with Crippen molar-refractivity contribution in [3.8, 4) is 10.6 Å². The lowest BCUT2D eigenvalue weighted by atomic mass is 10.0. The predicted molar refractivity (Wildman–Crippen MR) is 95.5 cm³/mol.